The standard InChI is InChI=1S/C12H10ClN3O3/c13-9-1-2-11(10(6-9)16(17)18)19-7-8-3-4-15-12(14)5-8/h1-6H,7H2,(H2,14,15). The van der Waals surface area contributed by atoms with Crippen LogP contribution in [0.5, 0.6) is 5.75 Å². The Kier molecular flexibility index (Phi) is 3.82. The van der Waals surface area contributed by atoms with Crippen LogP contribution in [-0.4, -0.2) is 9.91 Å². The number of nitrogens with two attached hydrogens (primary N) is 1. The number of benzene rings is 1. The molecule has 7 heteroatoms. The zero-order chi connectivity index (χ0) is 13.8. The first kappa shape index (κ1) is 13.1. The van der Waals surface area contributed by atoms with E-state index in [0.29, 0.717) is 5.82 Å². The molecular formula is C12H10ClN3O3. The van der Waals surface area contributed by atoms with Gasteiger partial charge >= 0.3 is 5.69 Å². The second-order valence-electron chi connectivity index (χ2n) is 3.75. The maximum atomic E-state index is 10.9. The van der Waals surface area contributed by atoms with Crippen LogP contribution in [-0.2, 0) is 6.61 Å². The van der Waals surface area contributed by atoms with Crippen molar-refractivity contribution in [3.05, 3.63) is 57.2 Å². The van der Waals surface area contributed by atoms with E-state index in [1.54, 1.807) is 18.3 Å². The van der Waals surface area contributed by atoms with Gasteiger partial charge in [0, 0.05) is 17.3 Å². The summed E-state index contributed by atoms with van der Waals surface area (Å²) in [5.41, 5.74) is 6.14. The van der Waals surface area contributed by atoms with E-state index in [9.17, 15) is 10.1 Å². The molecule has 0 radical (unpaired) electrons. The van der Waals surface area contributed by atoms with Gasteiger partial charge in [-0.15, -0.1) is 0 Å². The molecule has 1 aromatic carbocycles. The largest absolute Gasteiger partial charge is 0.482 e. The predicted octanol–water partition coefficient (Wildman–Crippen LogP) is 2.80. The second kappa shape index (κ2) is 5.53. The number of halogens is 1. The highest BCUT2D eigenvalue weighted by atomic mass is 35.5. The Morgan fingerprint density at radius 3 is 2.84 bits per heavy atom. The molecule has 2 rings (SSSR count). The maximum absolute atomic E-state index is 10.9. The molecule has 0 saturated heterocycles. The third-order valence-electron chi connectivity index (χ3n) is 2.36. The van der Waals surface area contributed by atoms with Crippen molar-refractivity contribution in [2.24, 2.45) is 0 Å². The van der Waals surface area contributed by atoms with Crippen LogP contribution in [0.15, 0.2) is 36.5 Å². The van der Waals surface area contributed by atoms with Crippen molar-refractivity contribution >= 4 is 23.1 Å². The fourth-order valence-electron chi connectivity index (χ4n) is 1.50. The number of aromatic nitrogens is 1. The summed E-state index contributed by atoms with van der Waals surface area (Å²) in [5.74, 6) is 0.525. The lowest BCUT2D eigenvalue weighted by atomic mass is 10.2. The molecule has 19 heavy (non-hydrogen) atoms. The predicted molar refractivity (Wildman–Crippen MR) is 71.1 cm³/mol. The summed E-state index contributed by atoms with van der Waals surface area (Å²) in [6.45, 7) is 0.162. The molecule has 0 saturated carbocycles. The molecule has 0 fully saturated rings. The van der Waals surface area contributed by atoms with Crippen molar-refractivity contribution in [1.29, 1.82) is 0 Å². The van der Waals surface area contributed by atoms with Gasteiger partial charge in [0.15, 0.2) is 5.75 Å². The van der Waals surface area contributed by atoms with Crippen LogP contribution in [0.4, 0.5) is 11.5 Å². The number of ether oxygens (including phenoxy) is 1. The Morgan fingerprint density at radius 1 is 1.37 bits per heavy atom. The Hall–Kier alpha value is -2.34. The summed E-state index contributed by atoms with van der Waals surface area (Å²) >= 11 is 5.71. The van der Waals surface area contributed by atoms with Crippen molar-refractivity contribution in [2.45, 2.75) is 6.61 Å². The fourth-order valence-corrected chi connectivity index (χ4v) is 1.67. The van der Waals surface area contributed by atoms with E-state index in [4.69, 9.17) is 22.1 Å². The number of nitro benzene ring substituents is 1. The number of pyridine rings is 1. The SMILES string of the molecule is Nc1cc(COc2ccc(Cl)cc2[N+](=O)[O-])ccn1. The molecular weight excluding hydrogens is 270 g/mol. The van der Waals surface area contributed by atoms with E-state index in [2.05, 4.69) is 4.98 Å². The van der Waals surface area contributed by atoms with Gasteiger partial charge in [-0.2, -0.15) is 0 Å². The third kappa shape index (κ3) is 3.32. The molecule has 0 amide bonds. The quantitative estimate of drug-likeness (QED) is 0.686. The first-order chi connectivity index (χ1) is 9.06. The molecule has 0 atom stereocenters. The molecule has 0 spiro atoms. The van der Waals surface area contributed by atoms with Gasteiger partial charge in [-0.3, -0.25) is 10.1 Å². The molecule has 98 valence electrons. The maximum Gasteiger partial charge on any atom is 0.312 e. The van der Waals surface area contributed by atoms with Gasteiger partial charge in [-0.05, 0) is 29.8 Å². The Balaban J connectivity index is 2.17. The molecule has 2 aromatic rings. The van der Waals surface area contributed by atoms with Gasteiger partial charge in [-0.25, -0.2) is 4.98 Å². The molecule has 0 bridgehead atoms. The van der Waals surface area contributed by atoms with Crippen LogP contribution in [0.3, 0.4) is 0 Å². The first-order valence-electron chi connectivity index (χ1n) is 5.33. The van der Waals surface area contributed by atoms with E-state index in [-0.39, 0.29) is 23.1 Å². The lowest BCUT2D eigenvalue weighted by molar-refractivity contribution is -0.385. The normalized spacial score (nSPS) is 10.2. The first-order valence-corrected chi connectivity index (χ1v) is 5.71. The number of nitrogens with zero attached hydrogens (tertiary/aromatic N) is 2. The van der Waals surface area contributed by atoms with Gasteiger partial charge in [0.25, 0.3) is 0 Å². The highest BCUT2D eigenvalue weighted by Crippen LogP contribution is 2.30. The summed E-state index contributed by atoms with van der Waals surface area (Å²) < 4.78 is 5.41. The molecule has 2 N–H and O–H groups in total. The van der Waals surface area contributed by atoms with Crippen molar-refractivity contribution in [2.75, 3.05) is 5.73 Å². The van der Waals surface area contributed by atoms with E-state index in [1.165, 1.54) is 18.2 Å². The van der Waals surface area contributed by atoms with Crippen molar-refractivity contribution in [3.8, 4) is 5.75 Å². The number of nitro groups is 1. The van der Waals surface area contributed by atoms with Crippen molar-refractivity contribution < 1.29 is 9.66 Å². The topological polar surface area (TPSA) is 91.3 Å². The summed E-state index contributed by atoms with van der Waals surface area (Å²) in [6, 6.07) is 7.60. The van der Waals surface area contributed by atoms with Gasteiger partial charge < -0.3 is 10.5 Å². The van der Waals surface area contributed by atoms with Gasteiger partial charge in [0.1, 0.15) is 12.4 Å². The van der Waals surface area contributed by atoms with Gasteiger partial charge in [0.2, 0.25) is 0 Å². The zero-order valence-corrected chi connectivity index (χ0v) is 10.5. The summed E-state index contributed by atoms with van der Waals surface area (Å²) in [5, 5.41) is 11.2. The molecule has 0 aliphatic carbocycles. The minimum atomic E-state index is -0.540. The van der Waals surface area contributed by atoms with Crippen LogP contribution < -0.4 is 10.5 Å². The molecule has 6 nitrogen and oxygen atoms in total. The van der Waals surface area contributed by atoms with Crippen LogP contribution >= 0.6 is 11.6 Å². The summed E-state index contributed by atoms with van der Waals surface area (Å²) in [4.78, 5) is 14.2. The van der Waals surface area contributed by atoms with E-state index >= 15 is 0 Å². The lowest BCUT2D eigenvalue weighted by Crippen LogP contribution is -2.00. The second-order valence-corrected chi connectivity index (χ2v) is 4.18. The average molecular weight is 280 g/mol. The number of nitrogen functional groups attached to an aromatic ring is 1. The molecule has 1 heterocycles. The van der Waals surface area contributed by atoms with Crippen LogP contribution in [0.25, 0.3) is 0 Å². The van der Waals surface area contributed by atoms with E-state index in [1.807, 2.05) is 0 Å². The van der Waals surface area contributed by atoms with Crippen molar-refractivity contribution in [3.63, 3.8) is 0 Å². The highest BCUT2D eigenvalue weighted by Gasteiger charge is 2.15. The number of hydrogen-bond acceptors (Lipinski definition) is 5. The molecule has 0 unspecified atom stereocenters. The Morgan fingerprint density at radius 2 is 2.16 bits per heavy atom. The van der Waals surface area contributed by atoms with Crippen LogP contribution in [0.1, 0.15) is 5.56 Å². The zero-order valence-electron chi connectivity index (χ0n) is 9.75. The smallest absolute Gasteiger partial charge is 0.312 e. The minimum absolute atomic E-state index is 0.157. The Bertz CT molecular complexity index is 619. The summed E-state index contributed by atoms with van der Waals surface area (Å²) in [6.07, 6.45) is 1.55. The summed E-state index contributed by atoms with van der Waals surface area (Å²) in [7, 11) is 0. The van der Waals surface area contributed by atoms with Gasteiger partial charge in [0.05, 0.1) is 4.92 Å². The molecule has 0 aliphatic rings. The van der Waals surface area contributed by atoms with Gasteiger partial charge in [-0.1, -0.05) is 11.6 Å². The van der Waals surface area contributed by atoms with Crippen molar-refractivity contribution in [1.82, 2.24) is 4.98 Å². The highest BCUT2D eigenvalue weighted by molar-refractivity contribution is 6.30. The van der Waals surface area contributed by atoms with E-state index in [0.717, 1.165) is 5.56 Å². The third-order valence-corrected chi connectivity index (χ3v) is 2.59. The lowest BCUT2D eigenvalue weighted by Gasteiger charge is -2.07. The monoisotopic (exact) mass is 279 g/mol. The number of anilines is 1. The number of rotatable bonds is 4. The molecule has 0 aliphatic heterocycles. The molecule has 1 aromatic heterocycles. The fraction of sp³-hybridized carbons (Fsp3) is 0.0833. The van der Waals surface area contributed by atoms with Crippen LogP contribution in [0, 0.1) is 10.1 Å². The van der Waals surface area contributed by atoms with Crippen LogP contribution in [0.2, 0.25) is 5.02 Å². The average Bonchev–Trinajstić information content (AvgIpc) is 2.37. The Labute approximate surface area is 113 Å². The van der Waals surface area contributed by atoms with E-state index < -0.39 is 4.92 Å². The minimum Gasteiger partial charge on any atom is -0.482 e. The number of hydrogen-bond donors (Lipinski definition) is 1.